The van der Waals surface area contributed by atoms with E-state index in [-0.39, 0.29) is 26.9 Å². The van der Waals surface area contributed by atoms with Crippen molar-refractivity contribution in [2.75, 3.05) is 13.2 Å². The minimum Gasteiger partial charge on any atom is -0.480 e. The average Bonchev–Trinajstić information content (AvgIpc) is 3.09. The maximum Gasteiger partial charge on any atom is 0.344 e. The molecule has 2 aromatic rings. The maximum atomic E-state index is 11.8. The van der Waals surface area contributed by atoms with Crippen molar-refractivity contribution in [2.24, 2.45) is 0 Å². The number of carbonyl (C=O) groups is 2. The second-order valence-corrected chi connectivity index (χ2v) is 7.15. The molecule has 0 aliphatic carbocycles. The van der Waals surface area contributed by atoms with E-state index in [1.807, 2.05) is 24.4 Å². The molecule has 9 heteroatoms. The van der Waals surface area contributed by atoms with E-state index in [4.69, 9.17) is 44.3 Å². The zero-order chi connectivity index (χ0) is 18.4. The smallest absolute Gasteiger partial charge is 0.344 e. The molecular weight excluding hydrogens is 409 g/mol. The normalized spacial score (nSPS) is 11.7. The fourth-order valence-corrected chi connectivity index (χ4v) is 3.16. The Morgan fingerprint density at radius 1 is 1.16 bits per heavy atom. The monoisotopic (exact) mass is 421 g/mol. The number of benzene rings is 1. The number of nitrogens with one attached hydrogen (secondary N) is 1. The van der Waals surface area contributed by atoms with Crippen molar-refractivity contribution >= 4 is 58.0 Å². The fraction of sp³-hybridized carbons (Fsp3) is 0.250. The van der Waals surface area contributed by atoms with E-state index in [2.05, 4.69) is 5.32 Å². The third-order valence-corrected chi connectivity index (χ3v) is 5.10. The van der Waals surface area contributed by atoms with Crippen LogP contribution in [0.15, 0.2) is 29.6 Å². The lowest BCUT2D eigenvalue weighted by Crippen LogP contribution is -2.31. The lowest BCUT2D eigenvalue weighted by Gasteiger charge is -2.13. The molecule has 0 saturated carbocycles. The lowest BCUT2D eigenvalue weighted by molar-refractivity contribution is -0.150. The number of carbonyl (C=O) groups excluding carboxylic acids is 2. The molecule has 1 aromatic carbocycles. The standard InChI is InChI=1S/C16H14Cl3NO4S/c1-9(14-3-2-4-25-14)20-15(21)7-24-16(22)8-23-13-6-11(18)10(17)5-12(13)19/h2-6,9H,7-8H2,1H3,(H,20,21). The second-order valence-electron chi connectivity index (χ2n) is 4.95. The molecule has 0 saturated heterocycles. The number of esters is 1. The summed E-state index contributed by atoms with van der Waals surface area (Å²) in [6, 6.07) is 6.46. The highest BCUT2D eigenvalue weighted by molar-refractivity contribution is 7.10. The van der Waals surface area contributed by atoms with E-state index in [0.29, 0.717) is 0 Å². The zero-order valence-electron chi connectivity index (χ0n) is 13.1. The maximum absolute atomic E-state index is 11.8. The predicted molar refractivity (Wildman–Crippen MR) is 98.8 cm³/mol. The summed E-state index contributed by atoms with van der Waals surface area (Å²) >= 11 is 19.1. The number of ether oxygens (including phenoxy) is 2. The van der Waals surface area contributed by atoms with Crippen molar-refractivity contribution in [3.05, 3.63) is 49.6 Å². The molecule has 1 amide bonds. The van der Waals surface area contributed by atoms with Crippen LogP contribution >= 0.6 is 46.1 Å². The van der Waals surface area contributed by atoms with Gasteiger partial charge in [0.2, 0.25) is 0 Å². The molecule has 25 heavy (non-hydrogen) atoms. The van der Waals surface area contributed by atoms with Gasteiger partial charge in [-0.3, -0.25) is 4.79 Å². The van der Waals surface area contributed by atoms with Crippen LogP contribution in [0.2, 0.25) is 15.1 Å². The molecule has 2 rings (SSSR count). The minimum absolute atomic E-state index is 0.155. The Balaban J connectivity index is 1.75. The third kappa shape index (κ3) is 6.08. The largest absolute Gasteiger partial charge is 0.480 e. The molecule has 0 fully saturated rings. The van der Waals surface area contributed by atoms with Gasteiger partial charge in [0.25, 0.3) is 5.91 Å². The Morgan fingerprint density at radius 2 is 1.88 bits per heavy atom. The first-order valence-corrected chi connectivity index (χ1v) is 9.14. The zero-order valence-corrected chi connectivity index (χ0v) is 16.1. The fourth-order valence-electron chi connectivity index (χ4n) is 1.83. The molecule has 1 aromatic heterocycles. The number of halogens is 3. The van der Waals surface area contributed by atoms with E-state index in [1.54, 1.807) is 0 Å². The summed E-state index contributed by atoms with van der Waals surface area (Å²) in [5, 5.41) is 5.39. The Hall–Kier alpha value is -1.47. The van der Waals surface area contributed by atoms with Crippen molar-refractivity contribution in [1.29, 1.82) is 0 Å². The number of rotatable bonds is 7. The Labute approximate surface area is 163 Å². The van der Waals surface area contributed by atoms with Crippen LogP contribution in [0.25, 0.3) is 0 Å². The van der Waals surface area contributed by atoms with Crippen LogP contribution in [-0.4, -0.2) is 25.1 Å². The summed E-state index contributed by atoms with van der Waals surface area (Å²) in [4.78, 5) is 24.5. The lowest BCUT2D eigenvalue weighted by atomic mass is 10.3. The van der Waals surface area contributed by atoms with Crippen LogP contribution in [0.3, 0.4) is 0 Å². The van der Waals surface area contributed by atoms with Gasteiger partial charge in [-0.15, -0.1) is 11.3 Å². The van der Waals surface area contributed by atoms with Crippen LogP contribution in [0.1, 0.15) is 17.8 Å². The summed E-state index contributed by atoms with van der Waals surface area (Å²) in [6.45, 7) is 1.04. The molecular formula is C16H14Cl3NO4S. The van der Waals surface area contributed by atoms with Gasteiger partial charge in [-0.05, 0) is 24.4 Å². The van der Waals surface area contributed by atoms with Crippen molar-refractivity contribution in [3.63, 3.8) is 0 Å². The summed E-state index contributed by atoms with van der Waals surface area (Å²) in [7, 11) is 0. The highest BCUT2D eigenvalue weighted by Crippen LogP contribution is 2.33. The Morgan fingerprint density at radius 3 is 2.56 bits per heavy atom. The topological polar surface area (TPSA) is 64.6 Å². The Bertz CT molecular complexity index is 752. The van der Waals surface area contributed by atoms with Crippen molar-refractivity contribution in [1.82, 2.24) is 5.32 Å². The van der Waals surface area contributed by atoms with Gasteiger partial charge >= 0.3 is 5.97 Å². The molecule has 0 aliphatic heterocycles. The molecule has 1 unspecified atom stereocenters. The van der Waals surface area contributed by atoms with Gasteiger partial charge in [-0.25, -0.2) is 4.79 Å². The van der Waals surface area contributed by atoms with Crippen molar-refractivity contribution in [2.45, 2.75) is 13.0 Å². The first-order chi connectivity index (χ1) is 11.9. The van der Waals surface area contributed by atoms with Crippen molar-refractivity contribution < 1.29 is 19.1 Å². The molecule has 5 nitrogen and oxygen atoms in total. The first kappa shape index (κ1) is 19.8. The van der Waals surface area contributed by atoms with Crippen molar-refractivity contribution in [3.8, 4) is 5.75 Å². The minimum atomic E-state index is -0.707. The van der Waals surface area contributed by atoms with E-state index < -0.39 is 25.1 Å². The van der Waals surface area contributed by atoms with Crippen LogP contribution < -0.4 is 10.1 Å². The van der Waals surface area contributed by atoms with E-state index in [1.165, 1.54) is 23.5 Å². The SMILES string of the molecule is CC(NC(=O)COC(=O)COc1cc(Cl)c(Cl)cc1Cl)c1cccs1. The second kappa shape index (κ2) is 9.29. The quantitative estimate of drug-likeness (QED) is 0.527. The van der Waals surface area contributed by atoms with Gasteiger partial charge in [-0.2, -0.15) is 0 Å². The van der Waals surface area contributed by atoms with Gasteiger partial charge < -0.3 is 14.8 Å². The van der Waals surface area contributed by atoms with Crippen LogP contribution in [0.4, 0.5) is 0 Å². The van der Waals surface area contributed by atoms with Gasteiger partial charge in [0.05, 0.1) is 21.1 Å². The summed E-state index contributed by atoms with van der Waals surface area (Å²) in [6.07, 6.45) is 0. The molecule has 134 valence electrons. The van der Waals surface area contributed by atoms with Gasteiger partial charge in [-0.1, -0.05) is 40.9 Å². The summed E-state index contributed by atoms with van der Waals surface area (Å²) in [5.74, 6) is -0.910. The van der Waals surface area contributed by atoms with Gasteiger partial charge in [0, 0.05) is 10.9 Å². The molecule has 0 radical (unpaired) electrons. The Kier molecular flexibility index (Phi) is 7.38. The van der Waals surface area contributed by atoms with Gasteiger partial charge in [0.1, 0.15) is 5.75 Å². The number of thiophene rings is 1. The number of amides is 1. The van der Waals surface area contributed by atoms with Gasteiger partial charge in [0.15, 0.2) is 13.2 Å². The van der Waals surface area contributed by atoms with E-state index in [9.17, 15) is 9.59 Å². The number of hydrogen-bond acceptors (Lipinski definition) is 5. The first-order valence-electron chi connectivity index (χ1n) is 7.12. The molecule has 1 heterocycles. The van der Waals surface area contributed by atoms with E-state index >= 15 is 0 Å². The highest BCUT2D eigenvalue weighted by atomic mass is 35.5. The van der Waals surface area contributed by atoms with E-state index in [0.717, 1.165) is 4.88 Å². The summed E-state index contributed by atoms with van der Waals surface area (Å²) in [5.41, 5.74) is 0. The van der Waals surface area contributed by atoms with Crippen LogP contribution in [-0.2, 0) is 14.3 Å². The molecule has 1 atom stereocenters. The highest BCUT2D eigenvalue weighted by Gasteiger charge is 2.14. The summed E-state index contributed by atoms with van der Waals surface area (Å²) < 4.78 is 10.1. The molecule has 0 bridgehead atoms. The van der Waals surface area contributed by atoms with Crippen LogP contribution in [0.5, 0.6) is 5.75 Å². The third-order valence-electron chi connectivity index (χ3n) is 3.03. The molecule has 1 N–H and O–H groups in total. The van der Waals surface area contributed by atoms with Crippen LogP contribution in [0, 0.1) is 0 Å². The molecule has 0 spiro atoms. The molecule has 0 aliphatic rings. The number of hydrogen-bond donors (Lipinski definition) is 1. The predicted octanol–water partition coefficient (Wildman–Crippen LogP) is 4.51. The average molecular weight is 423 g/mol.